The highest BCUT2D eigenvalue weighted by Crippen LogP contribution is 2.27. The Balaban J connectivity index is 1.52. The van der Waals surface area contributed by atoms with E-state index in [0.29, 0.717) is 5.92 Å². The van der Waals surface area contributed by atoms with Crippen molar-refractivity contribution in [3.05, 3.63) is 94.2 Å². The highest BCUT2D eigenvalue weighted by molar-refractivity contribution is 7.09. The number of hydrogen-bond acceptors (Lipinski definition) is 3. The minimum atomic E-state index is 0.457. The van der Waals surface area contributed by atoms with Crippen molar-refractivity contribution in [1.29, 1.82) is 0 Å². The number of thiophene rings is 1. The summed E-state index contributed by atoms with van der Waals surface area (Å²) in [6, 6.07) is 26.2. The zero-order valence-corrected chi connectivity index (χ0v) is 17.2. The molecule has 0 aliphatic rings. The van der Waals surface area contributed by atoms with E-state index >= 15 is 0 Å². The summed E-state index contributed by atoms with van der Waals surface area (Å²) in [5.74, 6) is 0.457. The average Bonchev–Trinajstić information content (AvgIpc) is 3.21. The van der Waals surface area contributed by atoms with Gasteiger partial charge >= 0.3 is 0 Å². The molecular weight excluding hydrogens is 348 g/mol. The van der Waals surface area contributed by atoms with Gasteiger partial charge in [-0.05, 0) is 49.6 Å². The molecule has 3 heteroatoms. The van der Waals surface area contributed by atoms with Crippen molar-refractivity contribution < 1.29 is 0 Å². The topological polar surface area (TPSA) is 6.48 Å². The first kappa shape index (κ1) is 19.8. The van der Waals surface area contributed by atoms with Gasteiger partial charge in [-0.25, -0.2) is 0 Å². The second-order valence-electron chi connectivity index (χ2n) is 7.28. The van der Waals surface area contributed by atoms with E-state index in [1.54, 1.807) is 0 Å². The Kier molecular flexibility index (Phi) is 7.64. The predicted octanol–water partition coefficient (Wildman–Crippen LogP) is 5.33. The van der Waals surface area contributed by atoms with Gasteiger partial charge in [-0.15, -0.1) is 11.3 Å². The van der Waals surface area contributed by atoms with E-state index in [1.807, 2.05) is 11.3 Å². The second-order valence-corrected chi connectivity index (χ2v) is 8.32. The highest BCUT2D eigenvalue weighted by atomic mass is 32.1. The van der Waals surface area contributed by atoms with Crippen LogP contribution in [0.2, 0.25) is 0 Å². The maximum atomic E-state index is 2.46. The van der Waals surface area contributed by atoms with E-state index in [1.165, 1.54) is 16.0 Å². The molecule has 0 N–H and O–H groups in total. The third-order valence-electron chi connectivity index (χ3n) is 5.07. The Bertz CT molecular complexity index is 716. The van der Waals surface area contributed by atoms with Gasteiger partial charge in [0.25, 0.3) is 0 Å². The normalized spacial score (nSPS) is 11.6. The summed E-state index contributed by atoms with van der Waals surface area (Å²) >= 11 is 1.84. The van der Waals surface area contributed by atoms with Crippen molar-refractivity contribution in [3.63, 3.8) is 0 Å². The van der Waals surface area contributed by atoms with E-state index in [0.717, 1.165) is 32.6 Å². The molecular formula is C24H30N2S. The van der Waals surface area contributed by atoms with Crippen molar-refractivity contribution in [2.75, 3.05) is 33.7 Å². The monoisotopic (exact) mass is 378 g/mol. The zero-order chi connectivity index (χ0) is 18.9. The van der Waals surface area contributed by atoms with Crippen LogP contribution >= 0.6 is 11.3 Å². The van der Waals surface area contributed by atoms with Gasteiger partial charge in [0.15, 0.2) is 0 Å². The molecule has 0 aliphatic heterocycles. The van der Waals surface area contributed by atoms with Gasteiger partial charge in [-0.1, -0.05) is 66.7 Å². The van der Waals surface area contributed by atoms with Crippen molar-refractivity contribution in [1.82, 2.24) is 9.80 Å². The van der Waals surface area contributed by atoms with Gasteiger partial charge in [0.2, 0.25) is 0 Å². The van der Waals surface area contributed by atoms with Crippen LogP contribution in [0.1, 0.15) is 28.3 Å². The van der Waals surface area contributed by atoms with Crippen LogP contribution in [-0.2, 0) is 6.54 Å². The van der Waals surface area contributed by atoms with Crippen molar-refractivity contribution >= 4 is 11.3 Å². The van der Waals surface area contributed by atoms with Crippen molar-refractivity contribution in [2.24, 2.45) is 0 Å². The molecule has 27 heavy (non-hydrogen) atoms. The van der Waals surface area contributed by atoms with Crippen molar-refractivity contribution in [2.45, 2.75) is 18.9 Å². The number of rotatable bonds is 10. The number of hydrogen-bond donors (Lipinski definition) is 0. The van der Waals surface area contributed by atoms with Gasteiger partial charge in [0.1, 0.15) is 0 Å². The lowest BCUT2D eigenvalue weighted by molar-refractivity contribution is 0.249. The maximum Gasteiger partial charge on any atom is 0.0325 e. The summed E-state index contributed by atoms with van der Waals surface area (Å²) in [6.07, 6.45) is 1.14. The van der Waals surface area contributed by atoms with Gasteiger partial charge in [-0.3, -0.25) is 0 Å². The quantitative estimate of drug-likeness (QED) is 0.470. The molecule has 2 aromatic carbocycles. The summed E-state index contributed by atoms with van der Waals surface area (Å²) in [7, 11) is 4.45. The Hall–Kier alpha value is -1.94. The molecule has 0 spiro atoms. The molecule has 0 atom stereocenters. The lowest BCUT2D eigenvalue weighted by Crippen LogP contribution is -2.31. The van der Waals surface area contributed by atoms with E-state index in [9.17, 15) is 0 Å². The molecule has 0 saturated heterocycles. The van der Waals surface area contributed by atoms with Gasteiger partial charge < -0.3 is 9.80 Å². The lowest BCUT2D eigenvalue weighted by atomic mass is 9.88. The van der Waals surface area contributed by atoms with E-state index < -0.39 is 0 Å². The fraction of sp³-hybridized carbons (Fsp3) is 0.333. The summed E-state index contributed by atoms with van der Waals surface area (Å²) in [6.45, 7) is 4.33. The SMILES string of the molecule is CN(CCC(c1ccccc1)c1ccccc1)CCN(C)Cc1cccs1. The molecule has 3 rings (SSSR count). The lowest BCUT2D eigenvalue weighted by Gasteiger charge is -2.24. The molecule has 2 nitrogen and oxygen atoms in total. The smallest absolute Gasteiger partial charge is 0.0325 e. The molecule has 0 aliphatic carbocycles. The minimum Gasteiger partial charge on any atom is -0.305 e. The summed E-state index contributed by atoms with van der Waals surface area (Å²) in [5.41, 5.74) is 2.82. The Labute approximate surface area is 168 Å². The predicted molar refractivity (Wildman–Crippen MR) is 117 cm³/mol. The van der Waals surface area contributed by atoms with Gasteiger partial charge in [-0.2, -0.15) is 0 Å². The van der Waals surface area contributed by atoms with Crippen LogP contribution in [0, 0.1) is 0 Å². The molecule has 0 bridgehead atoms. The fourth-order valence-corrected chi connectivity index (χ4v) is 4.23. The van der Waals surface area contributed by atoms with Crippen LogP contribution < -0.4 is 0 Å². The molecule has 142 valence electrons. The third-order valence-corrected chi connectivity index (χ3v) is 5.93. The maximum absolute atomic E-state index is 2.46. The van der Waals surface area contributed by atoms with Gasteiger partial charge in [0.05, 0.1) is 0 Å². The summed E-state index contributed by atoms with van der Waals surface area (Å²) in [4.78, 5) is 6.31. The molecule has 1 aromatic heterocycles. The largest absolute Gasteiger partial charge is 0.305 e. The van der Waals surface area contributed by atoms with E-state index in [-0.39, 0.29) is 0 Å². The molecule has 0 radical (unpaired) electrons. The summed E-state index contributed by atoms with van der Waals surface area (Å²) in [5, 5.41) is 2.16. The first-order valence-corrected chi connectivity index (χ1v) is 10.6. The standard InChI is InChI=1S/C24H30N2S/c1-25(17-18-26(2)20-23-14-9-19-27-23)16-15-24(21-10-5-3-6-11-21)22-12-7-4-8-13-22/h3-14,19,24H,15-18,20H2,1-2H3. The van der Waals surface area contributed by atoms with Crippen LogP contribution in [0.4, 0.5) is 0 Å². The highest BCUT2D eigenvalue weighted by Gasteiger charge is 2.14. The van der Waals surface area contributed by atoms with Crippen LogP contribution in [0.15, 0.2) is 78.2 Å². The van der Waals surface area contributed by atoms with Crippen LogP contribution in [0.3, 0.4) is 0 Å². The second kappa shape index (κ2) is 10.4. The van der Waals surface area contributed by atoms with E-state index in [2.05, 4.69) is 102 Å². The molecule has 0 amide bonds. The molecule has 1 heterocycles. The van der Waals surface area contributed by atoms with Crippen molar-refractivity contribution in [3.8, 4) is 0 Å². The zero-order valence-electron chi connectivity index (χ0n) is 16.4. The molecule has 0 unspecified atom stereocenters. The first-order chi connectivity index (χ1) is 13.2. The van der Waals surface area contributed by atoms with Crippen LogP contribution in [0.25, 0.3) is 0 Å². The molecule has 3 aromatic rings. The van der Waals surface area contributed by atoms with Crippen LogP contribution in [0.5, 0.6) is 0 Å². The van der Waals surface area contributed by atoms with Gasteiger partial charge in [0, 0.05) is 30.4 Å². The minimum absolute atomic E-state index is 0.457. The molecule has 0 saturated carbocycles. The van der Waals surface area contributed by atoms with Crippen LogP contribution in [-0.4, -0.2) is 43.5 Å². The summed E-state index contributed by atoms with van der Waals surface area (Å²) < 4.78 is 0. The number of benzene rings is 2. The Morgan fingerprint density at radius 2 is 1.30 bits per heavy atom. The average molecular weight is 379 g/mol. The third kappa shape index (κ3) is 6.31. The first-order valence-electron chi connectivity index (χ1n) is 9.72. The Morgan fingerprint density at radius 3 is 1.85 bits per heavy atom. The fourth-order valence-electron chi connectivity index (χ4n) is 3.45. The molecule has 0 fully saturated rings. The Morgan fingerprint density at radius 1 is 0.704 bits per heavy atom. The number of likely N-dealkylation sites (N-methyl/N-ethyl adjacent to an activating group) is 2. The van der Waals surface area contributed by atoms with E-state index in [4.69, 9.17) is 0 Å². The number of nitrogens with zero attached hydrogens (tertiary/aromatic N) is 2.